The number of rotatable bonds is 1. The summed E-state index contributed by atoms with van der Waals surface area (Å²) in [6.07, 6.45) is 2.79. The van der Waals surface area contributed by atoms with Crippen LogP contribution >= 0.6 is 0 Å². The third-order valence-corrected chi connectivity index (χ3v) is 4.75. The average Bonchev–Trinajstić information content (AvgIpc) is 3.03. The second kappa shape index (κ2) is 3.58. The zero-order valence-electron chi connectivity index (χ0n) is 11.2. The lowest BCUT2D eigenvalue weighted by Crippen LogP contribution is -2.49. The first-order chi connectivity index (χ1) is 8.02. The first-order valence-corrected chi connectivity index (χ1v) is 6.83. The van der Waals surface area contributed by atoms with Crippen molar-refractivity contribution in [3.8, 4) is 0 Å². The molecule has 0 N–H and O–H groups in total. The zero-order valence-corrected chi connectivity index (χ0v) is 11.2. The maximum atomic E-state index is 2.67. The maximum absolute atomic E-state index is 2.67. The van der Waals surface area contributed by atoms with Crippen molar-refractivity contribution in [3.63, 3.8) is 0 Å². The molecule has 2 unspecified atom stereocenters. The van der Waals surface area contributed by atoms with Crippen molar-refractivity contribution >= 4 is 0 Å². The Bertz CT molecular complexity index is 403. The molecule has 0 radical (unpaired) electrons. The van der Waals surface area contributed by atoms with Crippen LogP contribution in [0, 0.1) is 5.92 Å². The Labute approximate surface area is 105 Å². The van der Waals surface area contributed by atoms with Crippen molar-refractivity contribution in [2.24, 2.45) is 5.92 Å². The molecular formula is C16H23N. The van der Waals surface area contributed by atoms with Crippen LogP contribution in [0.4, 0.5) is 0 Å². The molecule has 2 fully saturated rings. The molecule has 3 rings (SSSR count). The van der Waals surface area contributed by atoms with Gasteiger partial charge in [-0.1, -0.05) is 30.3 Å². The van der Waals surface area contributed by atoms with Gasteiger partial charge >= 0.3 is 0 Å². The molecule has 1 aliphatic carbocycles. The van der Waals surface area contributed by atoms with E-state index in [1.54, 1.807) is 5.56 Å². The Kier molecular flexibility index (Phi) is 2.38. The maximum Gasteiger partial charge on any atom is 0.0125 e. The van der Waals surface area contributed by atoms with Crippen LogP contribution in [0.3, 0.4) is 0 Å². The largest absolute Gasteiger partial charge is 0.298 e. The van der Waals surface area contributed by atoms with Crippen molar-refractivity contribution < 1.29 is 0 Å². The van der Waals surface area contributed by atoms with Crippen molar-refractivity contribution in [3.05, 3.63) is 35.9 Å². The fourth-order valence-electron chi connectivity index (χ4n) is 3.47. The number of hydrogen-bond acceptors (Lipinski definition) is 1. The molecule has 1 heteroatoms. The number of benzene rings is 1. The molecule has 2 aliphatic rings. The minimum Gasteiger partial charge on any atom is -0.298 e. The van der Waals surface area contributed by atoms with Crippen molar-refractivity contribution in [2.75, 3.05) is 13.1 Å². The van der Waals surface area contributed by atoms with E-state index in [2.05, 4.69) is 56.0 Å². The standard InChI is InChI=1S/C16H23N/c1-15(2,3)17-10-9-14-11-16(14,12-17)13-7-5-4-6-8-13/h4-8,14H,9-12H2,1-3H3. The van der Waals surface area contributed by atoms with Gasteiger partial charge in [-0.3, -0.25) is 4.90 Å². The van der Waals surface area contributed by atoms with Crippen LogP contribution in [0.25, 0.3) is 0 Å². The molecule has 0 bridgehead atoms. The Morgan fingerprint density at radius 3 is 2.53 bits per heavy atom. The van der Waals surface area contributed by atoms with E-state index in [9.17, 15) is 0 Å². The molecule has 17 heavy (non-hydrogen) atoms. The number of hydrogen-bond donors (Lipinski definition) is 0. The molecule has 1 saturated heterocycles. The highest BCUT2D eigenvalue weighted by Crippen LogP contribution is 2.59. The molecule has 1 aliphatic heterocycles. The molecule has 1 nitrogen and oxygen atoms in total. The molecule has 1 aromatic carbocycles. The number of fused-ring (bicyclic) bond motifs is 1. The van der Waals surface area contributed by atoms with E-state index in [1.165, 1.54) is 25.9 Å². The van der Waals surface area contributed by atoms with Crippen molar-refractivity contribution in [1.29, 1.82) is 0 Å². The lowest BCUT2D eigenvalue weighted by atomic mass is 9.87. The van der Waals surface area contributed by atoms with Crippen LogP contribution in [0.1, 0.15) is 39.2 Å². The molecular weight excluding hydrogens is 206 g/mol. The van der Waals surface area contributed by atoms with Crippen LogP contribution in [-0.2, 0) is 5.41 Å². The highest BCUT2D eigenvalue weighted by Gasteiger charge is 2.58. The average molecular weight is 229 g/mol. The van der Waals surface area contributed by atoms with Gasteiger partial charge in [-0.15, -0.1) is 0 Å². The number of likely N-dealkylation sites (tertiary alicyclic amines) is 1. The van der Waals surface area contributed by atoms with Crippen LogP contribution < -0.4 is 0 Å². The van der Waals surface area contributed by atoms with E-state index in [-0.39, 0.29) is 0 Å². The minimum absolute atomic E-state index is 0.315. The zero-order chi connectivity index (χ0) is 12.1. The van der Waals surface area contributed by atoms with Crippen molar-refractivity contribution in [1.82, 2.24) is 4.90 Å². The van der Waals surface area contributed by atoms with Crippen LogP contribution in [0.15, 0.2) is 30.3 Å². The highest BCUT2D eigenvalue weighted by molar-refractivity contribution is 5.35. The van der Waals surface area contributed by atoms with Gasteiger partial charge in [0.2, 0.25) is 0 Å². The SMILES string of the molecule is CC(C)(C)N1CCC2CC2(c2ccccc2)C1. The third-order valence-electron chi connectivity index (χ3n) is 4.75. The summed E-state index contributed by atoms with van der Waals surface area (Å²) in [6, 6.07) is 11.2. The third kappa shape index (κ3) is 1.81. The van der Waals surface area contributed by atoms with Crippen LogP contribution in [0.5, 0.6) is 0 Å². The Hall–Kier alpha value is -0.820. The summed E-state index contributed by atoms with van der Waals surface area (Å²) in [5, 5.41) is 0. The first kappa shape index (κ1) is 11.3. The number of piperidine rings is 1. The van der Waals surface area contributed by atoms with Gasteiger partial charge in [-0.25, -0.2) is 0 Å². The van der Waals surface area contributed by atoms with E-state index in [1.807, 2.05) is 0 Å². The molecule has 1 heterocycles. The summed E-state index contributed by atoms with van der Waals surface area (Å²) >= 11 is 0. The van der Waals surface area contributed by atoms with Gasteiger partial charge in [-0.2, -0.15) is 0 Å². The summed E-state index contributed by atoms with van der Waals surface area (Å²) in [5.41, 5.74) is 2.38. The fourth-order valence-corrected chi connectivity index (χ4v) is 3.47. The molecule has 0 amide bonds. The molecule has 0 aromatic heterocycles. The van der Waals surface area contributed by atoms with E-state index in [0.717, 1.165) is 5.92 Å². The monoisotopic (exact) mass is 229 g/mol. The van der Waals surface area contributed by atoms with Crippen molar-refractivity contribution in [2.45, 2.75) is 44.6 Å². The van der Waals surface area contributed by atoms with E-state index in [4.69, 9.17) is 0 Å². The normalized spacial score (nSPS) is 33.2. The quantitative estimate of drug-likeness (QED) is 0.713. The van der Waals surface area contributed by atoms with E-state index in [0.29, 0.717) is 11.0 Å². The Balaban J connectivity index is 1.86. The number of nitrogens with zero attached hydrogens (tertiary/aromatic N) is 1. The lowest BCUT2D eigenvalue weighted by molar-refractivity contribution is 0.0946. The van der Waals surface area contributed by atoms with E-state index >= 15 is 0 Å². The Morgan fingerprint density at radius 1 is 1.18 bits per heavy atom. The van der Waals surface area contributed by atoms with Crippen LogP contribution in [0.2, 0.25) is 0 Å². The van der Waals surface area contributed by atoms with Gasteiger partial charge in [0.05, 0.1) is 0 Å². The van der Waals surface area contributed by atoms with Gasteiger partial charge < -0.3 is 0 Å². The van der Waals surface area contributed by atoms with Gasteiger partial charge in [0, 0.05) is 17.5 Å². The van der Waals surface area contributed by atoms with Gasteiger partial charge in [0.15, 0.2) is 0 Å². The predicted molar refractivity (Wildman–Crippen MR) is 72.2 cm³/mol. The van der Waals surface area contributed by atoms with Gasteiger partial charge in [-0.05, 0) is 51.6 Å². The second-order valence-electron chi connectivity index (χ2n) is 6.80. The molecule has 0 spiro atoms. The summed E-state index contributed by atoms with van der Waals surface area (Å²) in [7, 11) is 0. The fraction of sp³-hybridized carbons (Fsp3) is 0.625. The Morgan fingerprint density at radius 2 is 1.88 bits per heavy atom. The lowest BCUT2D eigenvalue weighted by Gasteiger charge is -2.42. The molecule has 2 atom stereocenters. The van der Waals surface area contributed by atoms with Gasteiger partial charge in [0.1, 0.15) is 0 Å². The topological polar surface area (TPSA) is 3.24 Å². The van der Waals surface area contributed by atoms with Gasteiger partial charge in [0.25, 0.3) is 0 Å². The predicted octanol–water partition coefficient (Wildman–Crippen LogP) is 3.45. The van der Waals surface area contributed by atoms with Crippen LogP contribution in [-0.4, -0.2) is 23.5 Å². The smallest absolute Gasteiger partial charge is 0.0125 e. The summed E-state index contributed by atoms with van der Waals surface area (Å²) < 4.78 is 0. The highest BCUT2D eigenvalue weighted by atomic mass is 15.2. The summed E-state index contributed by atoms with van der Waals surface area (Å²) in [6.45, 7) is 9.56. The summed E-state index contributed by atoms with van der Waals surface area (Å²) in [5.74, 6) is 0.948. The van der Waals surface area contributed by atoms with E-state index < -0.39 is 0 Å². The molecule has 1 saturated carbocycles. The molecule has 1 aromatic rings. The minimum atomic E-state index is 0.315. The summed E-state index contributed by atoms with van der Waals surface area (Å²) in [4.78, 5) is 2.67. The second-order valence-corrected chi connectivity index (χ2v) is 6.80. The molecule has 92 valence electrons. The first-order valence-electron chi connectivity index (χ1n) is 6.83.